The highest BCUT2D eigenvalue weighted by atomic mass is 32.2. The van der Waals surface area contributed by atoms with Crippen molar-refractivity contribution in [2.24, 2.45) is 5.92 Å². The van der Waals surface area contributed by atoms with E-state index >= 15 is 0 Å². The number of benzene rings is 1. The van der Waals surface area contributed by atoms with Crippen molar-refractivity contribution in [1.82, 2.24) is 10.0 Å². The van der Waals surface area contributed by atoms with Crippen LogP contribution in [0.15, 0.2) is 35.2 Å². The van der Waals surface area contributed by atoms with Crippen LogP contribution in [0.25, 0.3) is 0 Å². The number of carbonyl (C=O) groups is 1. The topological polar surface area (TPSA) is 75.3 Å². The van der Waals surface area contributed by atoms with Gasteiger partial charge in [-0.2, -0.15) is 0 Å². The van der Waals surface area contributed by atoms with Crippen LogP contribution in [0.5, 0.6) is 0 Å². The Morgan fingerprint density at radius 2 is 1.89 bits per heavy atom. The molecule has 1 atom stereocenters. The first-order valence-corrected chi connectivity index (χ1v) is 7.28. The average molecular weight is 270 g/mol. The van der Waals surface area contributed by atoms with Crippen LogP contribution in [0.4, 0.5) is 0 Å². The molecule has 2 N–H and O–H groups in total. The Balaban J connectivity index is 2.70. The molecule has 0 saturated heterocycles. The summed E-state index contributed by atoms with van der Waals surface area (Å²) >= 11 is 0. The molecular weight excluding hydrogens is 252 g/mol. The maximum absolute atomic E-state index is 11.9. The molecule has 0 aliphatic heterocycles. The van der Waals surface area contributed by atoms with Crippen molar-refractivity contribution in [2.75, 3.05) is 13.1 Å². The quantitative estimate of drug-likeness (QED) is 0.799. The minimum Gasteiger partial charge on any atom is -0.316 e. The fraction of sp³-hybridized carbons (Fsp3) is 0.417. The van der Waals surface area contributed by atoms with Crippen LogP contribution >= 0.6 is 0 Å². The Hall–Kier alpha value is -1.40. The normalized spacial score (nSPS) is 13.0. The zero-order chi connectivity index (χ0) is 13.6. The first kappa shape index (κ1) is 14.7. The van der Waals surface area contributed by atoms with Crippen molar-refractivity contribution in [3.05, 3.63) is 30.3 Å². The van der Waals surface area contributed by atoms with E-state index in [-0.39, 0.29) is 4.90 Å². The van der Waals surface area contributed by atoms with Crippen molar-refractivity contribution < 1.29 is 13.2 Å². The fourth-order valence-electron chi connectivity index (χ4n) is 1.35. The highest BCUT2D eigenvalue weighted by molar-refractivity contribution is 7.90. The molecule has 1 unspecified atom stereocenters. The van der Waals surface area contributed by atoms with E-state index < -0.39 is 21.8 Å². The number of hydrogen-bond acceptors (Lipinski definition) is 4. The van der Waals surface area contributed by atoms with Gasteiger partial charge < -0.3 is 5.32 Å². The third-order valence-electron chi connectivity index (χ3n) is 2.44. The van der Waals surface area contributed by atoms with Crippen LogP contribution in [0.2, 0.25) is 0 Å². The standard InChI is InChI=1S/C12H18N2O3S/c1-3-13-9-10(2)12(15)14-18(16,17)11-7-5-4-6-8-11/h4-8,10,13H,3,9H2,1-2H3,(H,14,15). The maximum atomic E-state index is 11.9. The maximum Gasteiger partial charge on any atom is 0.264 e. The zero-order valence-corrected chi connectivity index (χ0v) is 11.3. The highest BCUT2D eigenvalue weighted by Gasteiger charge is 2.20. The van der Waals surface area contributed by atoms with E-state index in [9.17, 15) is 13.2 Å². The summed E-state index contributed by atoms with van der Waals surface area (Å²) < 4.78 is 25.8. The number of hydrogen-bond donors (Lipinski definition) is 2. The molecule has 18 heavy (non-hydrogen) atoms. The van der Waals surface area contributed by atoms with Crippen LogP contribution in [0.3, 0.4) is 0 Å². The molecule has 6 heteroatoms. The third-order valence-corrected chi connectivity index (χ3v) is 3.80. The van der Waals surface area contributed by atoms with Gasteiger partial charge >= 0.3 is 0 Å². The van der Waals surface area contributed by atoms with E-state index in [0.29, 0.717) is 6.54 Å². The van der Waals surface area contributed by atoms with Gasteiger partial charge in [-0.25, -0.2) is 13.1 Å². The molecule has 0 fully saturated rings. The lowest BCUT2D eigenvalue weighted by atomic mass is 10.2. The number of rotatable bonds is 6. The molecule has 0 aliphatic rings. The van der Waals surface area contributed by atoms with E-state index in [1.165, 1.54) is 12.1 Å². The smallest absolute Gasteiger partial charge is 0.264 e. The fourth-order valence-corrected chi connectivity index (χ4v) is 2.44. The van der Waals surface area contributed by atoms with Crippen molar-refractivity contribution in [2.45, 2.75) is 18.7 Å². The highest BCUT2D eigenvalue weighted by Crippen LogP contribution is 2.08. The minimum absolute atomic E-state index is 0.0917. The summed E-state index contributed by atoms with van der Waals surface area (Å²) in [6.45, 7) is 4.79. The van der Waals surface area contributed by atoms with Crippen molar-refractivity contribution in [3.8, 4) is 0 Å². The molecule has 1 rings (SSSR count). The van der Waals surface area contributed by atoms with E-state index in [2.05, 4.69) is 10.0 Å². The predicted molar refractivity (Wildman–Crippen MR) is 69.5 cm³/mol. The first-order valence-electron chi connectivity index (χ1n) is 5.79. The van der Waals surface area contributed by atoms with Crippen LogP contribution in [-0.4, -0.2) is 27.4 Å². The number of carbonyl (C=O) groups excluding carboxylic acids is 1. The van der Waals surface area contributed by atoms with Crippen LogP contribution < -0.4 is 10.0 Å². The number of amides is 1. The van der Waals surface area contributed by atoms with Gasteiger partial charge in [-0.1, -0.05) is 32.0 Å². The third kappa shape index (κ3) is 4.12. The van der Waals surface area contributed by atoms with E-state index in [1.807, 2.05) is 6.92 Å². The molecule has 0 heterocycles. The molecule has 5 nitrogen and oxygen atoms in total. The second kappa shape index (κ2) is 6.51. The summed E-state index contributed by atoms with van der Waals surface area (Å²) in [5.41, 5.74) is 0. The second-order valence-electron chi connectivity index (χ2n) is 3.99. The van der Waals surface area contributed by atoms with Gasteiger partial charge in [0.15, 0.2) is 0 Å². The van der Waals surface area contributed by atoms with Crippen LogP contribution in [0.1, 0.15) is 13.8 Å². The van der Waals surface area contributed by atoms with E-state index in [0.717, 1.165) is 6.54 Å². The molecule has 1 amide bonds. The largest absolute Gasteiger partial charge is 0.316 e. The average Bonchev–Trinajstić information content (AvgIpc) is 2.36. The number of sulfonamides is 1. The Kier molecular flexibility index (Phi) is 5.30. The van der Waals surface area contributed by atoms with Gasteiger partial charge in [-0.3, -0.25) is 4.79 Å². The summed E-state index contributed by atoms with van der Waals surface area (Å²) in [7, 11) is -3.76. The summed E-state index contributed by atoms with van der Waals surface area (Å²) in [5, 5.41) is 3.00. The first-order chi connectivity index (χ1) is 8.47. The molecule has 100 valence electrons. The van der Waals surface area contributed by atoms with Gasteiger partial charge in [0.1, 0.15) is 0 Å². The van der Waals surface area contributed by atoms with Crippen LogP contribution in [0, 0.1) is 5.92 Å². The van der Waals surface area contributed by atoms with Crippen LogP contribution in [-0.2, 0) is 14.8 Å². The predicted octanol–water partition coefficient (Wildman–Crippen LogP) is 0.737. The Labute approximate surface area is 108 Å². The van der Waals surface area contributed by atoms with Crippen molar-refractivity contribution >= 4 is 15.9 Å². The Bertz CT molecular complexity index is 485. The molecule has 1 aromatic rings. The second-order valence-corrected chi connectivity index (χ2v) is 5.67. The van der Waals surface area contributed by atoms with Gasteiger partial charge in [0.25, 0.3) is 10.0 Å². The SMILES string of the molecule is CCNCC(C)C(=O)NS(=O)(=O)c1ccccc1. The van der Waals surface area contributed by atoms with Gasteiger partial charge in [0, 0.05) is 12.5 Å². The summed E-state index contributed by atoms with van der Waals surface area (Å²) in [6.07, 6.45) is 0. The number of nitrogens with one attached hydrogen (secondary N) is 2. The molecule has 1 aromatic carbocycles. The van der Waals surface area contributed by atoms with Gasteiger partial charge in [0.2, 0.25) is 5.91 Å². The summed E-state index contributed by atoms with van der Waals surface area (Å²) in [6, 6.07) is 7.84. The minimum atomic E-state index is -3.76. The molecule has 0 aliphatic carbocycles. The summed E-state index contributed by atoms with van der Waals surface area (Å²) in [4.78, 5) is 11.8. The molecular formula is C12H18N2O3S. The molecule has 0 spiro atoms. The molecule has 0 saturated carbocycles. The van der Waals surface area contributed by atoms with Gasteiger partial charge in [-0.05, 0) is 18.7 Å². The Morgan fingerprint density at radius 1 is 1.28 bits per heavy atom. The van der Waals surface area contributed by atoms with Gasteiger partial charge in [0.05, 0.1) is 4.90 Å². The van der Waals surface area contributed by atoms with Crippen molar-refractivity contribution in [1.29, 1.82) is 0 Å². The molecule has 0 aromatic heterocycles. The lowest BCUT2D eigenvalue weighted by Crippen LogP contribution is -2.38. The molecule has 0 radical (unpaired) electrons. The van der Waals surface area contributed by atoms with E-state index in [4.69, 9.17) is 0 Å². The van der Waals surface area contributed by atoms with Crippen molar-refractivity contribution in [3.63, 3.8) is 0 Å². The zero-order valence-electron chi connectivity index (χ0n) is 10.5. The molecule has 0 bridgehead atoms. The lowest BCUT2D eigenvalue weighted by Gasteiger charge is -2.12. The summed E-state index contributed by atoms with van der Waals surface area (Å²) in [5.74, 6) is -0.900. The monoisotopic (exact) mass is 270 g/mol. The Morgan fingerprint density at radius 3 is 2.44 bits per heavy atom. The van der Waals surface area contributed by atoms with Gasteiger partial charge in [-0.15, -0.1) is 0 Å². The van der Waals surface area contributed by atoms with E-state index in [1.54, 1.807) is 25.1 Å². The lowest BCUT2D eigenvalue weighted by molar-refractivity contribution is -0.122.